The maximum absolute atomic E-state index is 13.5. The van der Waals surface area contributed by atoms with E-state index < -0.39 is 22.7 Å². The van der Waals surface area contributed by atoms with Gasteiger partial charge in [0, 0.05) is 32.7 Å². The van der Waals surface area contributed by atoms with Gasteiger partial charge in [0.1, 0.15) is 28.9 Å². The average molecular weight is 524 g/mol. The van der Waals surface area contributed by atoms with Crippen LogP contribution in [0.2, 0.25) is 0 Å². The Morgan fingerprint density at radius 3 is 2.30 bits per heavy atom. The predicted octanol–water partition coefficient (Wildman–Crippen LogP) is 2.20. The van der Waals surface area contributed by atoms with Crippen molar-refractivity contribution in [2.24, 2.45) is 7.05 Å². The second kappa shape index (κ2) is 11.2. The maximum Gasteiger partial charge on any atom is 0.271 e. The highest BCUT2D eigenvalue weighted by molar-refractivity contribution is 7.93. The van der Waals surface area contributed by atoms with Gasteiger partial charge in [-0.05, 0) is 25.1 Å². The number of ether oxygens (including phenoxy) is 3. The smallest absolute Gasteiger partial charge is 0.271 e. The highest BCUT2D eigenvalue weighted by Crippen LogP contribution is 2.37. The highest BCUT2D eigenvalue weighted by Gasteiger charge is 2.34. The van der Waals surface area contributed by atoms with Gasteiger partial charge in [0.2, 0.25) is 0 Å². The van der Waals surface area contributed by atoms with Crippen LogP contribution >= 0.6 is 0 Å². The van der Waals surface area contributed by atoms with Crippen molar-refractivity contribution in [3.8, 4) is 34.8 Å². The average Bonchev–Trinajstić information content (AvgIpc) is 3.54. The summed E-state index contributed by atoms with van der Waals surface area (Å²) in [6.45, 7) is 1.73. The fourth-order valence-electron chi connectivity index (χ4n) is 3.66. The SMILES string of the molecule is COc1cccc(OC)c1-n1c(N[S+]([O-])C(C)C(OC)c2ncc(C#N)cn2)nnc1-c1ccn(C)n1. The van der Waals surface area contributed by atoms with Gasteiger partial charge < -0.3 is 18.8 Å². The van der Waals surface area contributed by atoms with Crippen LogP contribution in [0.3, 0.4) is 0 Å². The zero-order valence-electron chi connectivity index (χ0n) is 20.8. The number of hydrogen-bond donors (Lipinski definition) is 1. The van der Waals surface area contributed by atoms with Crippen LogP contribution in [0.25, 0.3) is 17.2 Å². The zero-order chi connectivity index (χ0) is 26.5. The van der Waals surface area contributed by atoms with E-state index in [9.17, 15) is 4.55 Å². The fraction of sp³-hybridized carbons (Fsp3) is 0.304. The van der Waals surface area contributed by atoms with E-state index in [0.717, 1.165) is 0 Å². The Kier molecular flexibility index (Phi) is 7.87. The molecule has 0 bridgehead atoms. The van der Waals surface area contributed by atoms with Gasteiger partial charge in [0.05, 0.1) is 31.1 Å². The normalized spacial score (nSPS) is 13.4. The van der Waals surface area contributed by atoms with Gasteiger partial charge in [-0.1, -0.05) is 6.07 Å². The molecule has 4 rings (SSSR count). The Hall–Kier alpha value is -4.19. The van der Waals surface area contributed by atoms with E-state index in [-0.39, 0.29) is 5.95 Å². The van der Waals surface area contributed by atoms with Crippen LogP contribution in [-0.2, 0) is 23.1 Å². The van der Waals surface area contributed by atoms with Crippen LogP contribution in [-0.4, -0.2) is 65.6 Å². The number of anilines is 1. The van der Waals surface area contributed by atoms with Gasteiger partial charge in [-0.2, -0.15) is 15.1 Å². The lowest BCUT2D eigenvalue weighted by Crippen LogP contribution is -2.33. The lowest BCUT2D eigenvalue weighted by Gasteiger charge is -2.24. The predicted molar refractivity (Wildman–Crippen MR) is 134 cm³/mol. The van der Waals surface area contributed by atoms with Crippen LogP contribution in [0.4, 0.5) is 5.95 Å². The van der Waals surface area contributed by atoms with Crippen molar-refractivity contribution in [1.29, 1.82) is 5.26 Å². The first kappa shape index (κ1) is 25.9. The third-order valence-electron chi connectivity index (χ3n) is 5.50. The van der Waals surface area contributed by atoms with E-state index in [1.54, 1.807) is 53.7 Å². The highest BCUT2D eigenvalue weighted by atomic mass is 32.2. The molecule has 192 valence electrons. The molecule has 0 saturated carbocycles. The molecule has 0 saturated heterocycles. The van der Waals surface area contributed by atoms with Crippen LogP contribution in [0, 0.1) is 11.3 Å². The van der Waals surface area contributed by atoms with Crippen LogP contribution in [0.1, 0.15) is 24.4 Å². The van der Waals surface area contributed by atoms with Crippen molar-refractivity contribution in [2.75, 3.05) is 26.1 Å². The molecule has 0 aliphatic rings. The van der Waals surface area contributed by atoms with Gasteiger partial charge in [0.15, 0.2) is 23.0 Å². The quantitative estimate of drug-likeness (QED) is 0.303. The van der Waals surface area contributed by atoms with E-state index >= 15 is 0 Å². The van der Waals surface area contributed by atoms with Gasteiger partial charge in [-0.3, -0.25) is 4.68 Å². The Labute approximate surface area is 216 Å². The fourth-order valence-corrected chi connectivity index (χ4v) is 4.61. The molecule has 13 nitrogen and oxygen atoms in total. The Morgan fingerprint density at radius 2 is 1.76 bits per heavy atom. The minimum atomic E-state index is -1.74. The third-order valence-corrected chi connectivity index (χ3v) is 6.80. The van der Waals surface area contributed by atoms with E-state index in [0.29, 0.717) is 40.1 Å². The van der Waals surface area contributed by atoms with E-state index in [1.165, 1.54) is 33.7 Å². The van der Waals surface area contributed by atoms with Crippen LogP contribution in [0.5, 0.6) is 11.5 Å². The molecule has 4 aromatic rings. The monoisotopic (exact) mass is 523 g/mol. The molecule has 0 aliphatic carbocycles. The molecule has 1 aromatic carbocycles. The number of nitrogens with one attached hydrogen (secondary N) is 1. The van der Waals surface area contributed by atoms with Gasteiger partial charge in [-0.25, -0.2) is 14.5 Å². The molecular weight excluding hydrogens is 498 g/mol. The first-order valence-electron chi connectivity index (χ1n) is 11.0. The molecule has 0 spiro atoms. The molecule has 0 amide bonds. The molecule has 0 fully saturated rings. The van der Waals surface area contributed by atoms with Gasteiger partial charge in [0.25, 0.3) is 5.95 Å². The summed E-state index contributed by atoms with van der Waals surface area (Å²) in [6, 6.07) is 9.09. The standard InChI is InChI=1S/C23H25N9O4S/c1-14(20(36-5)21-25-12-15(11-24)13-26-21)37(33)30-23-28-27-22(16-9-10-31(2)29-16)32(23)19-17(34-3)7-6-8-18(19)35-4/h6-10,12-14,20H,1-5H3,(H,28,30). The Morgan fingerprint density at radius 1 is 1.08 bits per heavy atom. The Balaban J connectivity index is 1.74. The first-order chi connectivity index (χ1) is 17.9. The van der Waals surface area contributed by atoms with Crippen LogP contribution < -0.4 is 14.2 Å². The minimum absolute atomic E-state index is 0.171. The summed E-state index contributed by atoms with van der Waals surface area (Å²) < 4.78 is 36.5. The molecule has 0 aliphatic heterocycles. The number of benzene rings is 1. The molecule has 3 heterocycles. The van der Waals surface area contributed by atoms with Crippen molar-refractivity contribution >= 4 is 17.3 Å². The summed E-state index contributed by atoms with van der Waals surface area (Å²) in [5.74, 6) is 1.82. The number of hydrogen-bond acceptors (Lipinski definition) is 11. The molecule has 37 heavy (non-hydrogen) atoms. The van der Waals surface area contributed by atoms with E-state index in [4.69, 9.17) is 19.5 Å². The van der Waals surface area contributed by atoms with Gasteiger partial charge >= 0.3 is 0 Å². The summed E-state index contributed by atoms with van der Waals surface area (Å²) in [4.78, 5) is 8.38. The van der Waals surface area contributed by atoms with Crippen molar-refractivity contribution in [1.82, 2.24) is 34.5 Å². The second-order valence-corrected chi connectivity index (χ2v) is 9.31. The van der Waals surface area contributed by atoms with Crippen molar-refractivity contribution in [3.63, 3.8) is 0 Å². The largest absolute Gasteiger partial charge is 0.593 e. The van der Waals surface area contributed by atoms with Crippen molar-refractivity contribution < 1.29 is 18.8 Å². The third kappa shape index (κ3) is 5.19. The number of rotatable bonds is 10. The first-order valence-corrected chi connectivity index (χ1v) is 12.2. The minimum Gasteiger partial charge on any atom is -0.593 e. The molecule has 1 N–H and O–H groups in total. The van der Waals surface area contributed by atoms with Crippen molar-refractivity contribution in [2.45, 2.75) is 18.3 Å². The number of nitrogens with zero attached hydrogens (tertiary/aromatic N) is 8. The Bertz CT molecular complexity index is 1380. The molecule has 3 atom stereocenters. The molecule has 14 heteroatoms. The number of methoxy groups -OCH3 is 3. The molecular formula is C23H25N9O4S. The summed E-state index contributed by atoms with van der Waals surface area (Å²) in [5, 5.41) is 21.4. The number of aryl methyl sites for hydroxylation is 1. The number of nitriles is 1. The summed E-state index contributed by atoms with van der Waals surface area (Å²) in [6.07, 6.45) is 3.83. The summed E-state index contributed by atoms with van der Waals surface area (Å²) in [7, 11) is 6.34. The topological polar surface area (TPSA) is 161 Å². The number of aromatic nitrogens is 7. The number of para-hydroxylation sites is 1. The molecule has 0 radical (unpaired) electrons. The van der Waals surface area contributed by atoms with E-state index in [2.05, 4.69) is 30.0 Å². The maximum atomic E-state index is 13.5. The lowest BCUT2D eigenvalue weighted by atomic mass is 10.2. The second-order valence-electron chi connectivity index (χ2n) is 7.77. The van der Waals surface area contributed by atoms with Gasteiger partial charge in [-0.15, -0.1) is 10.2 Å². The molecule has 3 aromatic heterocycles. The van der Waals surface area contributed by atoms with E-state index in [1.807, 2.05) is 6.07 Å². The van der Waals surface area contributed by atoms with Crippen molar-refractivity contribution in [3.05, 3.63) is 54.2 Å². The summed E-state index contributed by atoms with van der Waals surface area (Å²) in [5.41, 5.74) is 1.35. The zero-order valence-corrected chi connectivity index (χ0v) is 21.6. The summed E-state index contributed by atoms with van der Waals surface area (Å²) >= 11 is -1.74. The lowest BCUT2D eigenvalue weighted by molar-refractivity contribution is 0.0949. The molecule has 3 unspecified atom stereocenters. The van der Waals surface area contributed by atoms with Crippen LogP contribution in [0.15, 0.2) is 42.9 Å².